The van der Waals surface area contributed by atoms with E-state index in [1.165, 1.54) is 33.4 Å². The van der Waals surface area contributed by atoms with Gasteiger partial charge in [0.05, 0.1) is 11.0 Å². The highest BCUT2D eigenvalue weighted by atomic mass is 16.2. The third-order valence-electron chi connectivity index (χ3n) is 5.02. The van der Waals surface area contributed by atoms with E-state index in [0.717, 1.165) is 26.7 Å². The van der Waals surface area contributed by atoms with E-state index in [9.17, 15) is 14.4 Å². The van der Waals surface area contributed by atoms with Gasteiger partial charge in [-0.3, -0.25) is 23.3 Å². The molecule has 0 bridgehead atoms. The first kappa shape index (κ1) is 17.0. The fourth-order valence-electron chi connectivity index (χ4n) is 3.26. The van der Waals surface area contributed by atoms with Crippen LogP contribution in [0.3, 0.4) is 0 Å². The second kappa shape index (κ2) is 5.76. The summed E-state index contributed by atoms with van der Waals surface area (Å²) in [6, 6.07) is 3.87. The molecule has 4 rings (SSSR count). The second-order valence-corrected chi connectivity index (χ2v) is 6.74. The molecule has 0 fully saturated rings. The Morgan fingerprint density at radius 3 is 2.59 bits per heavy atom. The van der Waals surface area contributed by atoms with E-state index in [4.69, 9.17) is 0 Å². The van der Waals surface area contributed by atoms with Crippen molar-refractivity contribution in [2.75, 3.05) is 0 Å². The zero-order chi connectivity index (χ0) is 19.5. The number of nitrogens with one attached hydrogen (secondary N) is 1. The van der Waals surface area contributed by atoms with Crippen LogP contribution in [0, 0.1) is 13.8 Å². The molecule has 1 N–H and O–H groups in total. The standard InChI is InChI=1S/C18H18N6O3/c1-10-5-12-13(6-11(10)2)24(9-19-12)14(25)7-23-8-20-16-15(23)17(26)22(4)18(27)21(16)3/h5-6,8-9H,7H2,1-4H3/p+1. The summed E-state index contributed by atoms with van der Waals surface area (Å²) in [5, 5.41) is 0. The number of rotatable bonds is 2. The lowest BCUT2D eigenvalue weighted by atomic mass is 10.1. The van der Waals surface area contributed by atoms with Crippen LogP contribution in [0.25, 0.3) is 22.2 Å². The molecule has 0 amide bonds. The Kier molecular flexibility index (Phi) is 3.62. The van der Waals surface area contributed by atoms with Crippen LogP contribution in [0.5, 0.6) is 0 Å². The van der Waals surface area contributed by atoms with Crippen molar-refractivity contribution >= 4 is 28.1 Å². The van der Waals surface area contributed by atoms with Crippen molar-refractivity contribution in [3.05, 3.63) is 56.8 Å². The van der Waals surface area contributed by atoms with Crippen LogP contribution < -0.4 is 15.8 Å². The molecule has 0 aliphatic heterocycles. The third kappa shape index (κ3) is 2.42. The van der Waals surface area contributed by atoms with E-state index in [1.807, 2.05) is 26.0 Å². The minimum atomic E-state index is -0.455. The van der Waals surface area contributed by atoms with Gasteiger partial charge in [-0.05, 0) is 37.1 Å². The van der Waals surface area contributed by atoms with Gasteiger partial charge in [0.1, 0.15) is 6.33 Å². The minimum absolute atomic E-state index is 0.0637. The number of aromatic nitrogens is 6. The predicted octanol–water partition coefficient (Wildman–Crippen LogP) is 0.160. The smallest absolute Gasteiger partial charge is 0.269 e. The summed E-state index contributed by atoms with van der Waals surface area (Å²) in [5.74, 6) is -0.234. The summed E-state index contributed by atoms with van der Waals surface area (Å²) < 4.78 is 5.37. The lowest BCUT2D eigenvalue weighted by Crippen LogP contribution is -2.45. The number of aromatic amines is 1. The number of fused-ring (bicyclic) bond motifs is 2. The first-order valence-corrected chi connectivity index (χ1v) is 8.43. The van der Waals surface area contributed by atoms with Gasteiger partial charge in [0.25, 0.3) is 17.1 Å². The quantitative estimate of drug-likeness (QED) is 0.510. The van der Waals surface area contributed by atoms with Gasteiger partial charge in [0, 0.05) is 14.1 Å². The Hall–Kier alpha value is -3.49. The first-order valence-electron chi connectivity index (χ1n) is 8.43. The van der Waals surface area contributed by atoms with Crippen LogP contribution >= 0.6 is 0 Å². The number of aryl methyl sites for hydroxylation is 3. The number of imidazole rings is 2. The second-order valence-electron chi connectivity index (χ2n) is 6.74. The normalized spacial score (nSPS) is 11.6. The van der Waals surface area contributed by atoms with E-state index in [-0.39, 0.29) is 18.0 Å². The van der Waals surface area contributed by atoms with Crippen molar-refractivity contribution in [3.8, 4) is 0 Å². The summed E-state index contributed by atoms with van der Waals surface area (Å²) in [6.45, 7) is 3.92. The van der Waals surface area contributed by atoms with Crippen molar-refractivity contribution in [1.82, 2.24) is 23.7 Å². The maximum Gasteiger partial charge on any atom is 0.333 e. The average molecular weight is 367 g/mol. The molecular formula is C18H19N6O3+. The SMILES string of the molecule is Cc1cc2ncn(C(=O)C[n+]3c[nH]c4c3c(=O)n(C)c(=O)n4C)c2cc1C. The van der Waals surface area contributed by atoms with Crippen molar-refractivity contribution in [2.24, 2.45) is 14.1 Å². The molecule has 0 radical (unpaired) electrons. The van der Waals surface area contributed by atoms with Crippen molar-refractivity contribution in [1.29, 1.82) is 0 Å². The summed E-state index contributed by atoms with van der Waals surface area (Å²) in [5.41, 5.74) is 3.40. The highest BCUT2D eigenvalue weighted by Gasteiger charge is 2.23. The first-order chi connectivity index (χ1) is 12.8. The largest absolute Gasteiger partial charge is 0.333 e. The molecule has 0 spiro atoms. The van der Waals surface area contributed by atoms with Gasteiger partial charge in [-0.15, -0.1) is 0 Å². The number of carbonyl (C=O) groups is 1. The molecule has 9 nitrogen and oxygen atoms in total. The molecule has 27 heavy (non-hydrogen) atoms. The molecule has 138 valence electrons. The molecule has 0 atom stereocenters. The summed E-state index contributed by atoms with van der Waals surface area (Å²) in [6.07, 6.45) is 3.02. The van der Waals surface area contributed by atoms with E-state index < -0.39 is 11.2 Å². The van der Waals surface area contributed by atoms with Crippen LogP contribution in [0.1, 0.15) is 15.9 Å². The van der Waals surface area contributed by atoms with Crippen molar-refractivity contribution < 1.29 is 9.36 Å². The van der Waals surface area contributed by atoms with Gasteiger partial charge >= 0.3 is 11.2 Å². The monoisotopic (exact) mass is 367 g/mol. The van der Waals surface area contributed by atoms with Crippen molar-refractivity contribution in [3.63, 3.8) is 0 Å². The third-order valence-corrected chi connectivity index (χ3v) is 5.02. The fraction of sp³-hybridized carbons (Fsp3) is 0.278. The van der Waals surface area contributed by atoms with Crippen LogP contribution in [-0.2, 0) is 20.6 Å². The molecule has 3 heterocycles. The van der Waals surface area contributed by atoms with E-state index in [0.29, 0.717) is 5.65 Å². The molecule has 9 heteroatoms. The Bertz CT molecular complexity index is 1350. The van der Waals surface area contributed by atoms with Crippen LogP contribution in [-0.4, -0.2) is 29.6 Å². The number of carbonyl (C=O) groups excluding carboxylic acids is 1. The lowest BCUT2D eigenvalue weighted by Gasteiger charge is -2.04. The fourth-order valence-corrected chi connectivity index (χ4v) is 3.26. The number of H-pyrrole nitrogens is 1. The Labute approximate surface area is 153 Å². The molecule has 0 saturated carbocycles. The van der Waals surface area contributed by atoms with Crippen LogP contribution in [0.4, 0.5) is 0 Å². The van der Waals surface area contributed by atoms with Gasteiger partial charge in [-0.2, -0.15) is 0 Å². The zero-order valence-electron chi connectivity index (χ0n) is 15.5. The summed E-state index contributed by atoms with van der Waals surface area (Å²) in [7, 11) is 2.99. The lowest BCUT2D eigenvalue weighted by molar-refractivity contribution is -0.658. The molecule has 0 saturated heterocycles. The Morgan fingerprint density at radius 2 is 1.85 bits per heavy atom. The highest BCUT2D eigenvalue weighted by Crippen LogP contribution is 2.18. The molecule has 0 unspecified atom stereocenters. The molecule has 4 aromatic rings. The number of benzene rings is 1. The van der Waals surface area contributed by atoms with Gasteiger partial charge in [-0.1, -0.05) is 0 Å². The van der Waals surface area contributed by atoms with E-state index in [2.05, 4.69) is 9.97 Å². The zero-order valence-corrected chi connectivity index (χ0v) is 15.5. The maximum atomic E-state index is 12.9. The number of hydrogen-bond acceptors (Lipinski definition) is 4. The van der Waals surface area contributed by atoms with Crippen LogP contribution in [0.2, 0.25) is 0 Å². The summed E-state index contributed by atoms with van der Waals surface area (Å²) >= 11 is 0. The summed E-state index contributed by atoms with van der Waals surface area (Å²) in [4.78, 5) is 44.7. The van der Waals surface area contributed by atoms with E-state index >= 15 is 0 Å². The minimum Gasteiger partial charge on any atom is -0.269 e. The molecule has 0 aliphatic carbocycles. The van der Waals surface area contributed by atoms with Gasteiger partial charge in [-0.25, -0.2) is 19.3 Å². The Morgan fingerprint density at radius 1 is 1.15 bits per heavy atom. The van der Waals surface area contributed by atoms with E-state index in [1.54, 1.807) is 7.05 Å². The highest BCUT2D eigenvalue weighted by molar-refractivity contribution is 5.90. The number of nitrogens with zero attached hydrogens (tertiary/aromatic N) is 5. The molecule has 1 aromatic carbocycles. The Balaban J connectivity index is 1.82. The molecular weight excluding hydrogens is 348 g/mol. The number of hydrogen-bond donors (Lipinski definition) is 1. The van der Waals surface area contributed by atoms with Gasteiger partial charge in [0.2, 0.25) is 6.33 Å². The topological polar surface area (TPSA) is 98.6 Å². The maximum absolute atomic E-state index is 12.9. The van der Waals surface area contributed by atoms with Gasteiger partial charge < -0.3 is 0 Å². The van der Waals surface area contributed by atoms with Crippen molar-refractivity contribution in [2.45, 2.75) is 20.4 Å². The average Bonchev–Trinajstić information content (AvgIpc) is 3.23. The molecule has 3 aromatic heterocycles. The van der Waals surface area contributed by atoms with Gasteiger partial charge in [0.15, 0.2) is 6.54 Å². The molecule has 0 aliphatic rings. The van der Waals surface area contributed by atoms with Crippen LogP contribution in [0.15, 0.2) is 34.4 Å². The predicted molar refractivity (Wildman–Crippen MR) is 98.8 cm³/mol.